The van der Waals surface area contributed by atoms with Crippen molar-refractivity contribution in [3.05, 3.63) is 35.4 Å². The summed E-state index contributed by atoms with van der Waals surface area (Å²) in [5, 5.41) is 3.44. The normalized spacial score (nSPS) is 20.2. The topological polar surface area (TPSA) is 57.2 Å². The van der Waals surface area contributed by atoms with Crippen LogP contribution in [0.3, 0.4) is 0 Å². The van der Waals surface area contributed by atoms with Gasteiger partial charge in [0.1, 0.15) is 0 Å². The summed E-state index contributed by atoms with van der Waals surface area (Å²) in [5.74, 6) is 0.867. The minimum Gasteiger partial charge on any atom is -0.469 e. The van der Waals surface area contributed by atoms with Gasteiger partial charge in [-0.3, -0.25) is 14.7 Å². The van der Waals surface area contributed by atoms with Gasteiger partial charge in [0.25, 0.3) is 0 Å². The number of esters is 1. The standard InChI is InChI=1S/C21H34N4O2/c1-6-24(7-2)14-18-10-8-9-17(11-18)12-23-21(22-4)25-13-16(3)19(15-25)20(26)27-5/h8-11,16,19H,6-7,12-15H2,1-5H3,(H,22,23). The highest BCUT2D eigenvalue weighted by Crippen LogP contribution is 2.24. The number of carbonyl (C=O) groups excluding carboxylic acids is 1. The predicted octanol–water partition coefficient (Wildman–Crippen LogP) is 2.34. The van der Waals surface area contributed by atoms with Gasteiger partial charge in [0, 0.05) is 33.2 Å². The molecule has 1 fully saturated rings. The van der Waals surface area contributed by atoms with Crippen LogP contribution < -0.4 is 5.32 Å². The maximum absolute atomic E-state index is 11.9. The number of carbonyl (C=O) groups is 1. The van der Waals surface area contributed by atoms with Gasteiger partial charge < -0.3 is 15.0 Å². The number of benzene rings is 1. The molecule has 27 heavy (non-hydrogen) atoms. The van der Waals surface area contributed by atoms with Gasteiger partial charge in [-0.2, -0.15) is 0 Å². The Morgan fingerprint density at radius 1 is 1.30 bits per heavy atom. The largest absolute Gasteiger partial charge is 0.469 e. The first-order valence-electron chi connectivity index (χ1n) is 9.85. The number of methoxy groups -OCH3 is 1. The Morgan fingerprint density at radius 2 is 2.00 bits per heavy atom. The molecular weight excluding hydrogens is 340 g/mol. The first-order chi connectivity index (χ1) is 13.0. The van der Waals surface area contributed by atoms with Crippen molar-refractivity contribution < 1.29 is 9.53 Å². The van der Waals surface area contributed by atoms with Gasteiger partial charge in [-0.1, -0.05) is 45.0 Å². The molecule has 0 radical (unpaired) electrons. The smallest absolute Gasteiger partial charge is 0.310 e. The quantitative estimate of drug-likeness (QED) is 0.451. The Morgan fingerprint density at radius 3 is 2.63 bits per heavy atom. The highest BCUT2D eigenvalue weighted by molar-refractivity contribution is 5.82. The van der Waals surface area contributed by atoms with Crippen molar-refractivity contribution in [3.63, 3.8) is 0 Å². The minimum absolute atomic E-state index is 0.0917. The third-order valence-electron chi connectivity index (χ3n) is 5.37. The maximum atomic E-state index is 11.9. The first kappa shape index (κ1) is 21.2. The van der Waals surface area contributed by atoms with Crippen LogP contribution in [0.5, 0.6) is 0 Å². The zero-order valence-electron chi connectivity index (χ0n) is 17.4. The van der Waals surface area contributed by atoms with E-state index in [1.807, 2.05) is 0 Å². The molecule has 150 valence electrons. The summed E-state index contributed by atoms with van der Waals surface area (Å²) < 4.78 is 4.93. The average Bonchev–Trinajstić information content (AvgIpc) is 3.07. The minimum atomic E-state index is -0.135. The molecule has 0 amide bonds. The van der Waals surface area contributed by atoms with E-state index in [0.29, 0.717) is 13.1 Å². The third kappa shape index (κ3) is 5.70. The predicted molar refractivity (Wildman–Crippen MR) is 110 cm³/mol. The molecule has 2 rings (SSSR count). The number of hydrogen-bond donors (Lipinski definition) is 1. The van der Waals surface area contributed by atoms with Crippen LogP contribution in [-0.4, -0.2) is 62.1 Å². The highest BCUT2D eigenvalue weighted by atomic mass is 16.5. The molecule has 1 aliphatic rings. The van der Waals surface area contributed by atoms with E-state index in [1.54, 1.807) is 7.05 Å². The van der Waals surface area contributed by atoms with Crippen molar-refractivity contribution in [1.82, 2.24) is 15.1 Å². The zero-order chi connectivity index (χ0) is 19.8. The molecule has 2 unspecified atom stereocenters. The van der Waals surface area contributed by atoms with E-state index >= 15 is 0 Å². The fraction of sp³-hybridized carbons (Fsp3) is 0.619. The summed E-state index contributed by atoms with van der Waals surface area (Å²) in [5.41, 5.74) is 2.56. The molecule has 0 spiro atoms. The molecule has 0 aromatic heterocycles. The third-order valence-corrected chi connectivity index (χ3v) is 5.37. The first-order valence-corrected chi connectivity index (χ1v) is 9.85. The van der Waals surface area contributed by atoms with Crippen LogP contribution in [-0.2, 0) is 22.6 Å². The molecule has 0 saturated carbocycles. The molecule has 6 heteroatoms. The summed E-state index contributed by atoms with van der Waals surface area (Å²) >= 11 is 0. The zero-order valence-corrected chi connectivity index (χ0v) is 17.4. The van der Waals surface area contributed by atoms with Crippen molar-refractivity contribution in [2.75, 3.05) is 40.3 Å². The van der Waals surface area contributed by atoms with E-state index in [9.17, 15) is 4.79 Å². The second-order valence-corrected chi connectivity index (χ2v) is 7.19. The number of ether oxygens (including phenoxy) is 1. The number of aliphatic imine (C=N–C) groups is 1. The second-order valence-electron chi connectivity index (χ2n) is 7.19. The molecule has 1 aliphatic heterocycles. The Hall–Kier alpha value is -2.08. The van der Waals surface area contributed by atoms with Crippen molar-refractivity contribution in [2.24, 2.45) is 16.8 Å². The van der Waals surface area contributed by atoms with Crippen molar-refractivity contribution in [1.29, 1.82) is 0 Å². The van der Waals surface area contributed by atoms with Crippen LogP contribution in [0, 0.1) is 11.8 Å². The lowest BCUT2D eigenvalue weighted by Crippen LogP contribution is -2.40. The number of guanidine groups is 1. The highest BCUT2D eigenvalue weighted by Gasteiger charge is 2.36. The molecule has 1 heterocycles. The van der Waals surface area contributed by atoms with Crippen LogP contribution in [0.1, 0.15) is 31.9 Å². The van der Waals surface area contributed by atoms with Gasteiger partial charge in [0.05, 0.1) is 13.0 Å². The monoisotopic (exact) mass is 374 g/mol. The lowest BCUT2D eigenvalue weighted by Gasteiger charge is -2.22. The molecule has 1 saturated heterocycles. The van der Waals surface area contributed by atoms with Crippen LogP contribution >= 0.6 is 0 Å². The fourth-order valence-corrected chi connectivity index (χ4v) is 3.65. The van der Waals surface area contributed by atoms with Gasteiger partial charge in [0.2, 0.25) is 0 Å². The Balaban J connectivity index is 1.96. The molecular formula is C21H34N4O2. The van der Waals surface area contributed by atoms with Crippen molar-refractivity contribution >= 4 is 11.9 Å². The molecule has 0 bridgehead atoms. The molecule has 6 nitrogen and oxygen atoms in total. The number of hydrogen-bond acceptors (Lipinski definition) is 4. The van der Waals surface area contributed by atoms with E-state index in [1.165, 1.54) is 18.2 Å². The number of rotatable bonds is 7. The Labute approximate surface area is 163 Å². The molecule has 1 aromatic carbocycles. The van der Waals surface area contributed by atoms with E-state index in [2.05, 4.69) is 65.1 Å². The summed E-state index contributed by atoms with van der Waals surface area (Å²) in [6, 6.07) is 8.68. The fourth-order valence-electron chi connectivity index (χ4n) is 3.65. The van der Waals surface area contributed by atoms with Gasteiger partial charge in [-0.25, -0.2) is 0 Å². The van der Waals surface area contributed by atoms with E-state index in [-0.39, 0.29) is 17.8 Å². The lowest BCUT2D eigenvalue weighted by molar-refractivity contribution is -0.145. The van der Waals surface area contributed by atoms with Gasteiger partial charge in [0.15, 0.2) is 5.96 Å². The Bertz CT molecular complexity index is 643. The van der Waals surface area contributed by atoms with Crippen LogP contribution in [0.15, 0.2) is 29.3 Å². The van der Waals surface area contributed by atoms with Crippen LogP contribution in [0.2, 0.25) is 0 Å². The molecule has 2 atom stereocenters. The number of nitrogens with one attached hydrogen (secondary N) is 1. The molecule has 1 N–H and O–H groups in total. The van der Waals surface area contributed by atoms with Gasteiger partial charge >= 0.3 is 5.97 Å². The molecule has 0 aliphatic carbocycles. The van der Waals surface area contributed by atoms with Gasteiger partial charge in [-0.15, -0.1) is 0 Å². The summed E-state index contributed by atoms with van der Waals surface area (Å²) in [6.45, 7) is 11.7. The van der Waals surface area contributed by atoms with Crippen molar-refractivity contribution in [2.45, 2.75) is 33.9 Å². The van der Waals surface area contributed by atoms with Crippen molar-refractivity contribution in [3.8, 4) is 0 Å². The van der Waals surface area contributed by atoms with E-state index < -0.39 is 0 Å². The lowest BCUT2D eigenvalue weighted by atomic mass is 9.99. The number of nitrogens with zero attached hydrogens (tertiary/aromatic N) is 3. The maximum Gasteiger partial charge on any atom is 0.310 e. The van der Waals surface area contributed by atoms with E-state index in [4.69, 9.17) is 4.74 Å². The average molecular weight is 375 g/mol. The summed E-state index contributed by atoms with van der Waals surface area (Å²) in [7, 11) is 3.24. The molecule has 1 aromatic rings. The summed E-state index contributed by atoms with van der Waals surface area (Å²) in [4.78, 5) is 20.9. The second kappa shape index (κ2) is 10.3. The SMILES string of the molecule is CCN(CC)Cc1cccc(CNC(=NC)N2CC(C)C(C(=O)OC)C2)c1. The van der Waals surface area contributed by atoms with Crippen LogP contribution in [0.4, 0.5) is 0 Å². The van der Waals surface area contributed by atoms with E-state index in [0.717, 1.165) is 32.1 Å². The Kier molecular flexibility index (Phi) is 8.10. The van der Waals surface area contributed by atoms with Crippen LogP contribution in [0.25, 0.3) is 0 Å². The number of likely N-dealkylation sites (tertiary alicyclic amines) is 1. The van der Waals surface area contributed by atoms with Gasteiger partial charge in [-0.05, 0) is 30.1 Å². The summed E-state index contributed by atoms with van der Waals surface area (Å²) in [6.07, 6.45) is 0.